The minimum atomic E-state index is -1.83. The molecule has 0 aliphatic heterocycles. The van der Waals surface area contributed by atoms with Crippen molar-refractivity contribution in [3.63, 3.8) is 0 Å². The first-order valence-electron chi connectivity index (χ1n) is 3.36. The van der Waals surface area contributed by atoms with E-state index in [0.29, 0.717) is 0 Å². The minimum absolute atomic E-state index is 0.0417. The number of carbonyl (C=O) groups is 1. The normalized spacial score (nSPS) is 7.47. The Morgan fingerprint density at radius 3 is 1.20 bits per heavy atom. The summed E-state index contributed by atoms with van der Waals surface area (Å²) < 4.78 is 0. The summed E-state index contributed by atoms with van der Waals surface area (Å²) in [6.07, 6.45) is -1.83. The minimum Gasteiger partial charge on any atom is -0.450 e. The molecule has 1 aromatic heterocycles. The number of hydrogen-bond donors (Lipinski definition) is 5. The molecule has 0 saturated heterocycles. The van der Waals surface area contributed by atoms with E-state index in [9.17, 15) is 0 Å². The lowest BCUT2D eigenvalue weighted by atomic mass is 10.9. The Hall–Kier alpha value is -2.58. The summed E-state index contributed by atoms with van der Waals surface area (Å²) in [5.41, 5.74) is 15.4. The van der Waals surface area contributed by atoms with Crippen molar-refractivity contribution < 1.29 is 15.0 Å². The van der Waals surface area contributed by atoms with Crippen LogP contribution in [0.4, 0.5) is 22.6 Å². The van der Waals surface area contributed by atoms with Crippen LogP contribution in [0.5, 0.6) is 0 Å². The number of anilines is 3. The smallest absolute Gasteiger partial charge is 0.450 e. The molecule has 0 aliphatic rings. The SMILES string of the molecule is C=C.Nc1nc(N)nc(N)n1.O=C(O)O. The zero-order chi connectivity index (χ0) is 12.4. The van der Waals surface area contributed by atoms with Gasteiger partial charge in [-0.2, -0.15) is 15.0 Å². The van der Waals surface area contributed by atoms with Gasteiger partial charge in [-0.1, -0.05) is 0 Å². The number of nitrogen functional groups attached to an aromatic ring is 3. The molecule has 1 rings (SSSR count). The number of carboxylic acid groups (broad SMARTS) is 2. The molecule has 0 aromatic carbocycles. The fourth-order valence-electron chi connectivity index (χ4n) is 0.427. The van der Waals surface area contributed by atoms with Crippen molar-refractivity contribution in [1.29, 1.82) is 0 Å². The predicted molar refractivity (Wildman–Crippen MR) is 55.0 cm³/mol. The average molecular weight is 216 g/mol. The molecule has 0 bridgehead atoms. The molecule has 0 fully saturated rings. The van der Waals surface area contributed by atoms with Crippen LogP contribution in [-0.4, -0.2) is 31.3 Å². The molecule has 0 spiro atoms. The number of rotatable bonds is 0. The first-order valence-corrected chi connectivity index (χ1v) is 3.36. The lowest BCUT2D eigenvalue weighted by Gasteiger charge is -1.93. The van der Waals surface area contributed by atoms with Gasteiger partial charge in [0.2, 0.25) is 17.8 Å². The molecule has 15 heavy (non-hydrogen) atoms. The third-order valence-electron chi connectivity index (χ3n) is 0.687. The third kappa shape index (κ3) is 11.4. The number of aromatic nitrogens is 3. The lowest BCUT2D eigenvalue weighted by molar-refractivity contribution is 0.137. The van der Waals surface area contributed by atoms with Gasteiger partial charge in [0, 0.05) is 0 Å². The summed E-state index contributed by atoms with van der Waals surface area (Å²) in [6, 6.07) is 0. The number of nitrogens with zero attached hydrogens (tertiary/aromatic N) is 3. The predicted octanol–water partition coefficient (Wildman–Crippen LogP) is -0.357. The van der Waals surface area contributed by atoms with Gasteiger partial charge in [-0.05, 0) is 0 Å². The second-order valence-corrected chi connectivity index (χ2v) is 1.69. The van der Waals surface area contributed by atoms with Crippen molar-refractivity contribution in [2.24, 2.45) is 0 Å². The maximum atomic E-state index is 8.56. The molecule has 0 saturated carbocycles. The highest BCUT2D eigenvalue weighted by Crippen LogP contribution is 1.97. The lowest BCUT2D eigenvalue weighted by Crippen LogP contribution is -2.05. The molecule has 0 aliphatic carbocycles. The fourth-order valence-corrected chi connectivity index (χ4v) is 0.427. The van der Waals surface area contributed by atoms with Crippen molar-refractivity contribution in [3.05, 3.63) is 13.2 Å². The van der Waals surface area contributed by atoms with Gasteiger partial charge < -0.3 is 27.4 Å². The highest BCUT2D eigenvalue weighted by atomic mass is 16.6. The zero-order valence-electron chi connectivity index (χ0n) is 7.79. The maximum absolute atomic E-state index is 8.56. The van der Waals surface area contributed by atoms with Crippen LogP contribution < -0.4 is 17.2 Å². The van der Waals surface area contributed by atoms with Crippen LogP contribution in [0.25, 0.3) is 0 Å². The summed E-state index contributed by atoms with van der Waals surface area (Å²) in [7, 11) is 0. The first-order chi connectivity index (χ1) is 6.91. The Balaban J connectivity index is 0. The summed E-state index contributed by atoms with van der Waals surface area (Å²) in [5, 5.41) is 13.9. The van der Waals surface area contributed by atoms with Gasteiger partial charge in [-0.3, -0.25) is 0 Å². The molecule has 8 N–H and O–H groups in total. The first kappa shape index (κ1) is 14.9. The standard InChI is InChI=1S/C3H6N6.C2H4.CH2O3/c4-1-7-2(5)9-3(6)8-1;1-2;2-1(3)4/h(H6,4,5,6,7,8,9);1-2H2;(H2,2,3,4). The molecule has 1 heterocycles. The Morgan fingerprint density at radius 1 is 0.933 bits per heavy atom. The van der Waals surface area contributed by atoms with Crippen molar-refractivity contribution in [2.75, 3.05) is 17.2 Å². The molecule has 0 unspecified atom stereocenters. The van der Waals surface area contributed by atoms with Gasteiger partial charge >= 0.3 is 6.16 Å². The Bertz CT molecular complexity index is 263. The monoisotopic (exact) mass is 216 g/mol. The van der Waals surface area contributed by atoms with Crippen LogP contribution in [0.1, 0.15) is 0 Å². The summed E-state index contributed by atoms with van der Waals surface area (Å²) >= 11 is 0. The van der Waals surface area contributed by atoms with E-state index in [2.05, 4.69) is 28.1 Å². The van der Waals surface area contributed by atoms with Gasteiger partial charge in [0.05, 0.1) is 0 Å². The molecule has 84 valence electrons. The highest BCUT2D eigenvalue weighted by Gasteiger charge is 1.93. The quantitative estimate of drug-likeness (QED) is 0.362. The van der Waals surface area contributed by atoms with Crippen LogP contribution in [0, 0.1) is 0 Å². The summed E-state index contributed by atoms with van der Waals surface area (Å²) in [6.45, 7) is 6.00. The second kappa shape index (κ2) is 8.04. The average Bonchev–Trinajstić information content (AvgIpc) is 2.03. The molecule has 0 amide bonds. The topological polar surface area (TPSA) is 174 Å². The fraction of sp³-hybridized carbons (Fsp3) is 0. The van der Waals surface area contributed by atoms with E-state index in [0.717, 1.165) is 0 Å². The molecular formula is C6H12N6O3. The molecule has 9 nitrogen and oxygen atoms in total. The van der Waals surface area contributed by atoms with Gasteiger partial charge in [-0.25, -0.2) is 4.79 Å². The second-order valence-electron chi connectivity index (χ2n) is 1.69. The summed E-state index contributed by atoms with van der Waals surface area (Å²) in [4.78, 5) is 19.0. The van der Waals surface area contributed by atoms with Gasteiger partial charge in [0.1, 0.15) is 0 Å². The molecule has 0 radical (unpaired) electrons. The summed E-state index contributed by atoms with van der Waals surface area (Å²) in [5.74, 6) is 0.125. The van der Waals surface area contributed by atoms with E-state index < -0.39 is 6.16 Å². The van der Waals surface area contributed by atoms with Gasteiger partial charge in [0.25, 0.3) is 0 Å². The molecule has 9 heteroatoms. The van der Waals surface area contributed by atoms with Crippen LogP contribution in [0.3, 0.4) is 0 Å². The molecular weight excluding hydrogens is 204 g/mol. The van der Waals surface area contributed by atoms with E-state index >= 15 is 0 Å². The van der Waals surface area contributed by atoms with Crippen LogP contribution >= 0.6 is 0 Å². The number of nitrogens with two attached hydrogens (primary N) is 3. The van der Waals surface area contributed by atoms with Crippen molar-refractivity contribution in [3.8, 4) is 0 Å². The van der Waals surface area contributed by atoms with Crippen molar-refractivity contribution in [1.82, 2.24) is 15.0 Å². The maximum Gasteiger partial charge on any atom is 0.503 e. The number of hydrogen-bond acceptors (Lipinski definition) is 7. The van der Waals surface area contributed by atoms with E-state index in [1.54, 1.807) is 0 Å². The van der Waals surface area contributed by atoms with E-state index in [1.165, 1.54) is 0 Å². The van der Waals surface area contributed by atoms with E-state index in [4.69, 9.17) is 32.2 Å². The van der Waals surface area contributed by atoms with Gasteiger partial charge in [0.15, 0.2) is 0 Å². The highest BCUT2D eigenvalue weighted by molar-refractivity contribution is 5.53. The van der Waals surface area contributed by atoms with Crippen molar-refractivity contribution >= 4 is 24.0 Å². The molecule has 1 aromatic rings. The Morgan fingerprint density at radius 2 is 1.07 bits per heavy atom. The van der Waals surface area contributed by atoms with Gasteiger partial charge in [-0.15, -0.1) is 13.2 Å². The molecule has 0 atom stereocenters. The Kier molecular flexibility index (Phi) is 7.99. The van der Waals surface area contributed by atoms with E-state index in [1.807, 2.05) is 0 Å². The van der Waals surface area contributed by atoms with E-state index in [-0.39, 0.29) is 17.8 Å². The Labute approximate surface area is 85.3 Å². The zero-order valence-corrected chi connectivity index (χ0v) is 7.79. The van der Waals surface area contributed by atoms with Crippen LogP contribution in [-0.2, 0) is 0 Å². The van der Waals surface area contributed by atoms with Crippen LogP contribution in [0.2, 0.25) is 0 Å². The van der Waals surface area contributed by atoms with Crippen molar-refractivity contribution in [2.45, 2.75) is 0 Å². The largest absolute Gasteiger partial charge is 0.503 e. The van der Waals surface area contributed by atoms with Crippen LogP contribution in [0.15, 0.2) is 13.2 Å². The third-order valence-corrected chi connectivity index (χ3v) is 0.687.